The standard InChI is InChI=1S/C14H15BrClNS/c1-9-5-13(18-10(9)2)8-17-7-11-3-4-12(16)6-14(11)15/h3-6,17H,7-8H2,1-2H3. The van der Waals surface area contributed by atoms with E-state index >= 15 is 0 Å². The van der Waals surface area contributed by atoms with Crippen LogP contribution in [0.1, 0.15) is 20.9 Å². The molecule has 2 aromatic rings. The van der Waals surface area contributed by atoms with Gasteiger partial charge < -0.3 is 5.32 Å². The lowest BCUT2D eigenvalue weighted by molar-refractivity contribution is 0.699. The predicted molar refractivity (Wildman–Crippen MR) is 83.5 cm³/mol. The maximum atomic E-state index is 5.92. The number of rotatable bonds is 4. The van der Waals surface area contributed by atoms with E-state index in [-0.39, 0.29) is 0 Å². The minimum absolute atomic E-state index is 0.759. The lowest BCUT2D eigenvalue weighted by Crippen LogP contribution is -2.12. The Balaban J connectivity index is 1.92. The second-order valence-electron chi connectivity index (χ2n) is 4.29. The molecule has 96 valence electrons. The van der Waals surface area contributed by atoms with Gasteiger partial charge in [0.25, 0.3) is 0 Å². The van der Waals surface area contributed by atoms with Gasteiger partial charge in [0, 0.05) is 32.3 Å². The van der Waals surface area contributed by atoms with Crippen LogP contribution in [-0.4, -0.2) is 0 Å². The molecular formula is C14H15BrClNS. The third-order valence-corrected chi connectivity index (χ3v) is 4.97. The molecule has 1 aromatic heterocycles. The van der Waals surface area contributed by atoms with Crippen LogP contribution in [0.2, 0.25) is 5.02 Å². The fourth-order valence-corrected chi connectivity index (χ4v) is 3.57. The number of benzene rings is 1. The second-order valence-corrected chi connectivity index (χ2v) is 6.92. The molecule has 0 atom stereocenters. The van der Waals surface area contributed by atoms with Crippen LogP contribution in [0.25, 0.3) is 0 Å². The van der Waals surface area contributed by atoms with Gasteiger partial charge in [-0.3, -0.25) is 0 Å². The Morgan fingerprint density at radius 1 is 1.22 bits per heavy atom. The van der Waals surface area contributed by atoms with E-state index < -0.39 is 0 Å². The molecule has 1 aromatic carbocycles. The second kappa shape index (κ2) is 6.20. The molecule has 0 aliphatic rings. The number of halogens is 2. The van der Waals surface area contributed by atoms with E-state index in [4.69, 9.17) is 11.6 Å². The molecule has 0 bridgehead atoms. The molecule has 2 rings (SSSR count). The fourth-order valence-electron chi connectivity index (χ4n) is 1.72. The maximum Gasteiger partial charge on any atom is 0.0417 e. The van der Waals surface area contributed by atoms with Crippen molar-refractivity contribution in [1.29, 1.82) is 0 Å². The summed E-state index contributed by atoms with van der Waals surface area (Å²) in [5, 5.41) is 4.22. The van der Waals surface area contributed by atoms with Gasteiger partial charge in [0.1, 0.15) is 0 Å². The topological polar surface area (TPSA) is 12.0 Å². The Hall–Kier alpha value is -0.350. The molecule has 4 heteroatoms. The summed E-state index contributed by atoms with van der Waals surface area (Å²) in [6, 6.07) is 8.15. The Morgan fingerprint density at radius 2 is 2.00 bits per heavy atom. The number of aryl methyl sites for hydroxylation is 2. The third kappa shape index (κ3) is 3.58. The van der Waals surface area contributed by atoms with Gasteiger partial charge in [0.15, 0.2) is 0 Å². The molecule has 1 heterocycles. The number of thiophene rings is 1. The van der Waals surface area contributed by atoms with Gasteiger partial charge in [-0.1, -0.05) is 33.6 Å². The molecule has 1 nitrogen and oxygen atoms in total. The lowest BCUT2D eigenvalue weighted by atomic mass is 10.2. The van der Waals surface area contributed by atoms with Crippen molar-refractivity contribution in [3.05, 3.63) is 54.6 Å². The number of hydrogen-bond donors (Lipinski definition) is 1. The van der Waals surface area contributed by atoms with E-state index in [1.165, 1.54) is 20.9 Å². The van der Waals surface area contributed by atoms with Crippen molar-refractivity contribution in [2.45, 2.75) is 26.9 Å². The highest BCUT2D eigenvalue weighted by atomic mass is 79.9. The van der Waals surface area contributed by atoms with Crippen LogP contribution in [-0.2, 0) is 13.1 Å². The molecule has 0 saturated carbocycles. The van der Waals surface area contributed by atoms with Crippen LogP contribution in [0.15, 0.2) is 28.7 Å². The molecule has 0 aliphatic heterocycles. The predicted octanol–water partition coefficient (Wildman–Crippen LogP) is 5.07. The van der Waals surface area contributed by atoms with Crippen molar-refractivity contribution >= 4 is 38.9 Å². The summed E-state index contributed by atoms with van der Waals surface area (Å²) in [6.07, 6.45) is 0. The SMILES string of the molecule is Cc1cc(CNCc2ccc(Cl)cc2Br)sc1C. The molecule has 18 heavy (non-hydrogen) atoms. The maximum absolute atomic E-state index is 5.92. The van der Waals surface area contributed by atoms with Gasteiger partial charge in [0.05, 0.1) is 0 Å². The summed E-state index contributed by atoms with van der Waals surface area (Å²) < 4.78 is 1.06. The van der Waals surface area contributed by atoms with Gasteiger partial charge in [-0.25, -0.2) is 0 Å². The van der Waals surface area contributed by atoms with E-state index in [0.29, 0.717) is 0 Å². The van der Waals surface area contributed by atoms with Crippen LogP contribution in [0.5, 0.6) is 0 Å². The molecular weight excluding hydrogens is 330 g/mol. The van der Waals surface area contributed by atoms with E-state index in [1.807, 2.05) is 29.5 Å². The first-order valence-corrected chi connectivity index (χ1v) is 7.75. The lowest BCUT2D eigenvalue weighted by Gasteiger charge is -2.06. The van der Waals surface area contributed by atoms with Crippen LogP contribution >= 0.6 is 38.9 Å². The van der Waals surface area contributed by atoms with Gasteiger partial charge in [-0.05, 0) is 43.2 Å². The smallest absolute Gasteiger partial charge is 0.0417 e. The average molecular weight is 345 g/mol. The van der Waals surface area contributed by atoms with Gasteiger partial charge in [-0.2, -0.15) is 0 Å². The molecule has 0 aliphatic carbocycles. The highest BCUT2D eigenvalue weighted by molar-refractivity contribution is 9.10. The molecule has 0 radical (unpaired) electrons. The first kappa shape index (κ1) is 14.1. The minimum atomic E-state index is 0.759. The average Bonchev–Trinajstić information content (AvgIpc) is 2.61. The summed E-state index contributed by atoms with van der Waals surface area (Å²) >= 11 is 11.3. The Labute approximate surface area is 125 Å². The Morgan fingerprint density at radius 3 is 2.61 bits per heavy atom. The van der Waals surface area contributed by atoms with E-state index in [2.05, 4.69) is 41.2 Å². The molecule has 0 saturated heterocycles. The zero-order valence-electron chi connectivity index (χ0n) is 10.4. The largest absolute Gasteiger partial charge is 0.308 e. The summed E-state index contributed by atoms with van der Waals surface area (Å²) in [4.78, 5) is 2.79. The van der Waals surface area contributed by atoms with E-state index in [1.54, 1.807) is 0 Å². The zero-order chi connectivity index (χ0) is 13.1. The normalized spacial score (nSPS) is 10.9. The zero-order valence-corrected chi connectivity index (χ0v) is 13.5. The highest BCUT2D eigenvalue weighted by Crippen LogP contribution is 2.22. The highest BCUT2D eigenvalue weighted by Gasteiger charge is 2.03. The first-order valence-electron chi connectivity index (χ1n) is 5.77. The van der Waals surface area contributed by atoms with Gasteiger partial charge in [-0.15, -0.1) is 11.3 Å². The van der Waals surface area contributed by atoms with Crippen LogP contribution in [0.3, 0.4) is 0 Å². The van der Waals surface area contributed by atoms with Crippen LogP contribution in [0.4, 0.5) is 0 Å². The van der Waals surface area contributed by atoms with Gasteiger partial charge in [0.2, 0.25) is 0 Å². The third-order valence-electron chi connectivity index (χ3n) is 2.85. The van der Waals surface area contributed by atoms with Crippen LogP contribution in [0, 0.1) is 13.8 Å². The van der Waals surface area contributed by atoms with Crippen molar-refractivity contribution in [3.63, 3.8) is 0 Å². The fraction of sp³-hybridized carbons (Fsp3) is 0.286. The molecule has 0 spiro atoms. The van der Waals surface area contributed by atoms with E-state index in [9.17, 15) is 0 Å². The monoisotopic (exact) mass is 343 g/mol. The minimum Gasteiger partial charge on any atom is -0.308 e. The van der Waals surface area contributed by atoms with Crippen molar-refractivity contribution in [2.24, 2.45) is 0 Å². The van der Waals surface area contributed by atoms with Crippen LogP contribution < -0.4 is 5.32 Å². The summed E-state index contributed by atoms with van der Waals surface area (Å²) in [6.45, 7) is 6.08. The van der Waals surface area contributed by atoms with Crippen molar-refractivity contribution in [1.82, 2.24) is 5.32 Å². The quantitative estimate of drug-likeness (QED) is 0.816. The van der Waals surface area contributed by atoms with Crippen molar-refractivity contribution in [3.8, 4) is 0 Å². The van der Waals surface area contributed by atoms with E-state index in [0.717, 1.165) is 22.6 Å². The number of nitrogens with one attached hydrogen (secondary N) is 1. The van der Waals surface area contributed by atoms with Gasteiger partial charge >= 0.3 is 0 Å². The summed E-state index contributed by atoms with van der Waals surface area (Å²) in [5.41, 5.74) is 2.61. The molecule has 1 N–H and O–H groups in total. The molecule has 0 amide bonds. The molecule has 0 unspecified atom stereocenters. The number of hydrogen-bond acceptors (Lipinski definition) is 2. The Bertz CT molecular complexity index is 531. The Kier molecular flexibility index (Phi) is 4.84. The first-order chi connectivity index (χ1) is 8.56. The van der Waals surface area contributed by atoms with Crippen molar-refractivity contribution < 1.29 is 0 Å². The van der Waals surface area contributed by atoms with Crippen molar-refractivity contribution in [2.75, 3.05) is 0 Å². The summed E-state index contributed by atoms with van der Waals surface area (Å²) in [7, 11) is 0. The molecule has 0 fully saturated rings. The summed E-state index contributed by atoms with van der Waals surface area (Å²) in [5.74, 6) is 0.